The molecule has 0 N–H and O–H groups in total. The first-order valence-electron chi connectivity index (χ1n) is 21.6. The lowest BCUT2D eigenvalue weighted by molar-refractivity contribution is 0.660. The van der Waals surface area contributed by atoms with Gasteiger partial charge in [0, 0.05) is 5.41 Å². The third-order valence-corrected chi connectivity index (χ3v) is 14.6. The van der Waals surface area contributed by atoms with Crippen molar-refractivity contribution < 1.29 is 0 Å². The molecule has 3 aliphatic carbocycles. The summed E-state index contributed by atoms with van der Waals surface area (Å²) >= 11 is 0. The smallest absolute Gasteiger partial charge is 0.0159 e. The van der Waals surface area contributed by atoms with Crippen molar-refractivity contribution in [2.24, 2.45) is 0 Å². The molecule has 61 heavy (non-hydrogen) atoms. The van der Waals surface area contributed by atoms with Crippen LogP contribution >= 0.6 is 0 Å². The van der Waals surface area contributed by atoms with E-state index in [0.717, 1.165) is 0 Å². The second-order valence-corrected chi connectivity index (χ2v) is 17.9. The normalized spacial score (nSPS) is 13.5. The van der Waals surface area contributed by atoms with Gasteiger partial charge in [-0.1, -0.05) is 196 Å². The van der Waals surface area contributed by atoms with Gasteiger partial charge < -0.3 is 0 Å². The molecular weight excluding hydrogens is 733 g/mol. The van der Waals surface area contributed by atoms with E-state index in [1.165, 1.54) is 143 Å². The average molecular weight is 771 g/mol. The molecule has 0 bridgehead atoms. The molecule has 3 aliphatic rings. The van der Waals surface area contributed by atoms with Gasteiger partial charge in [-0.25, -0.2) is 0 Å². The molecule has 0 unspecified atom stereocenters. The van der Waals surface area contributed by atoms with E-state index in [1.807, 2.05) is 0 Å². The topological polar surface area (TPSA) is 0 Å². The molecule has 0 aliphatic heterocycles. The van der Waals surface area contributed by atoms with E-state index in [1.54, 1.807) is 0 Å². The summed E-state index contributed by atoms with van der Waals surface area (Å²) < 4.78 is 0. The zero-order chi connectivity index (χ0) is 40.1. The number of benzene rings is 11. The Morgan fingerprint density at radius 1 is 0.246 bits per heavy atom. The maximum atomic E-state index is 2.51. The van der Waals surface area contributed by atoms with Crippen molar-refractivity contribution in [3.8, 4) is 89.0 Å². The van der Waals surface area contributed by atoms with Gasteiger partial charge in [0.1, 0.15) is 0 Å². The predicted molar refractivity (Wildman–Crippen MR) is 259 cm³/mol. The van der Waals surface area contributed by atoms with Crippen LogP contribution in [0.4, 0.5) is 0 Å². The Kier molecular flexibility index (Phi) is 6.45. The van der Waals surface area contributed by atoms with Gasteiger partial charge in [-0.05, 0) is 155 Å². The van der Waals surface area contributed by atoms with Crippen molar-refractivity contribution in [3.05, 3.63) is 205 Å². The molecule has 0 fully saturated rings. The standard InChI is InChI=1S/C61H38/c1-61(2)55-24-10-9-17-41(55)42-27-25-36(34-56(42)61)35-26-28-53-54(33-35)60(52-32-30-50-40-16-6-4-14-38(40)44-21-12-23-48(52)58(44)50)46-19-8-7-18-45(46)59(53)51-31-29-49-39-15-5-3-13-37(39)43-20-11-22-47(51)57(43)49/h3-34H,1-2H3. The Balaban J connectivity index is 1.09. The molecule has 0 saturated carbocycles. The van der Waals surface area contributed by atoms with Gasteiger partial charge in [0.2, 0.25) is 0 Å². The number of hydrogen-bond donors (Lipinski definition) is 0. The highest BCUT2D eigenvalue weighted by Gasteiger charge is 2.35. The minimum absolute atomic E-state index is 0.0784. The summed E-state index contributed by atoms with van der Waals surface area (Å²) in [4.78, 5) is 0. The molecule has 0 heterocycles. The molecule has 0 radical (unpaired) electrons. The van der Waals surface area contributed by atoms with E-state index < -0.39 is 0 Å². The Hall–Kier alpha value is -7.54. The second-order valence-electron chi connectivity index (χ2n) is 17.9. The molecule has 0 saturated heterocycles. The summed E-state index contributed by atoms with van der Waals surface area (Å²) in [5.41, 5.74) is 23.7. The molecule has 0 nitrogen and oxygen atoms in total. The van der Waals surface area contributed by atoms with E-state index in [0.29, 0.717) is 0 Å². The monoisotopic (exact) mass is 770 g/mol. The van der Waals surface area contributed by atoms with Crippen LogP contribution in [0, 0.1) is 0 Å². The van der Waals surface area contributed by atoms with E-state index in [2.05, 4.69) is 208 Å². The van der Waals surface area contributed by atoms with Crippen LogP contribution in [0.1, 0.15) is 25.0 Å². The van der Waals surface area contributed by atoms with Crippen LogP contribution in [0.25, 0.3) is 132 Å². The van der Waals surface area contributed by atoms with Gasteiger partial charge in [-0.2, -0.15) is 0 Å². The van der Waals surface area contributed by atoms with E-state index in [4.69, 9.17) is 0 Å². The largest absolute Gasteiger partial charge is 0.0619 e. The molecule has 0 spiro atoms. The minimum Gasteiger partial charge on any atom is -0.0619 e. The third-order valence-electron chi connectivity index (χ3n) is 14.6. The summed E-state index contributed by atoms with van der Waals surface area (Å²) in [5.74, 6) is 0. The number of rotatable bonds is 3. The summed E-state index contributed by atoms with van der Waals surface area (Å²) in [7, 11) is 0. The highest BCUT2D eigenvalue weighted by Crippen LogP contribution is 2.55. The maximum Gasteiger partial charge on any atom is 0.0159 e. The quantitative estimate of drug-likeness (QED) is 0.157. The lowest BCUT2D eigenvalue weighted by Crippen LogP contribution is -2.14. The third kappa shape index (κ3) is 4.29. The van der Waals surface area contributed by atoms with Crippen molar-refractivity contribution in [3.63, 3.8) is 0 Å². The van der Waals surface area contributed by atoms with Gasteiger partial charge in [0.05, 0.1) is 0 Å². The Bertz CT molecular complexity index is 3720. The molecule has 0 atom stereocenters. The zero-order valence-electron chi connectivity index (χ0n) is 34.0. The van der Waals surface area contributed by atoms with Gasteiger partial charge in [0.25, 0.3) is 0 Å². The first-order valence-corrected chi connectivity index (χ1v) is 21.6. The number of fused-ring (bicyclic) bond motifs is 11. The van der Waals surface area contributed by atoms with Gasteiger partial charge in [-0.15, -0.1) is 0 Å². The van der Waals surface area contributed by atoms with Crippen molar-refractivity contribution >= 4 is 43.1 Å². The Labute approximate surface area is 355 Å². The highest BCUT2D eigenvalue weighted by molar-refractivity contribution is 6.29. The lowest BCUT2D eigenvalue weighted by Gasteiger charge is -2.22. The van der Waals surface area contributed by atoms with Crippen molar-refractivity contribution in [1.82, 2.24) is 0 Å². The highest BCUT2D eigenvalue weighted by atomic mass is 14.4. The Morgan fingerprint density at radius 2 is 0.623 bits per heavy atom. The molecule has 14 rings (SSSR count). The lowest BCUT2D eigenvalue weighted by atomic mass is 9.80. The maximum absolute atomic E-state index is 2.51. The first kappa shape index (κ1) is 33.3. The van der Waals surface area contributed by atoms with Crippen LogP contribution in [-0.4, -0.2) is 0 Å². The van der Waals surface area contributed by atoms with Crippen LogP contribution in [-0.2, 0) is 5.41 Å². The van der Waals surface area contributed by atoms with E-state index in [-0.39, 0.29) is 5.41 Å². The first-order chi connectivity index (χ1) is 30.0. The fraction of sp³-hybridized carbons (Fsp3) is 0.0492. The minimum atomic E-state index is -0.0784. The predicted octanol–water partition coefficient (Wildman–Crippen LogP) is 16.9. The SMILES string of the molecule is CC1(C)c2ccccc2-c2ccc(-c3ccc4c(-c5ccc6c7c(cccc57)-c5ccccc5-6)c5ccccc5c(-c5ccc6c7c(cccc57)-c5ccccc5-6)c4c3)cc21. The van der Waals surface area contributed by atoms with Crippen LogP contribution in [0.2, 0.25) is 0 Å². The van der Waals surface area contributed by atoms with Crippen LogP contribution < -0.4 is 0 Å². The molecular formula is C61H38. The molecule has 282 valence electrons. The summed E-state index contributed by atoms with van der Waals surface area (Å²) in [5, 5.41) is 10.4. The van der Waals surface area contributed by atoms with Crippen LogP contribution in [0.3, 0.4) is 0 Å². The van der Waals surface area contributed by atoms with Crippen molar-refractivity contribution in [2.45, 2.75) is 19.3 Å². The summed E-state index contributed by atoms with van der Waals surface area (Å²) in [6.45, 7) is 4.76. The fourth-order valence-corrected chi connectivity index (χ4v) is 11.9. The average Bonchev–Trinajstić information content (AvgIpc) is 3.90. The molecule has 11 aromatic rings. The van der Waals surface area contributed by atoms with Crippen molar-refractivity contribution in [1.29, 1.82) is 0 Å². The van der Waals surface area contributed by atoms with Crippen LogP contribution in [0.15, 0.2) is 194 Å². The van der Waals surface area contributed by atoms with Gasteiger partial charge >= 0.3 is 0 Å². The van der Waals surface area contributed by atoms with Gasteiger partial charge in [0.15, 0.2) is 0 Å². The van der Waals surface area contributed by atoms with E-state index >= 15 is 0 Å². The molecule has 11 aromatic carbocycles. The Morgan fingerprint density at radius 3 is 1.21 bits per heavy atom. The second kappa shape index (κ2) is 11.8. The van der Waals surface area contributed by atoms with Crippen molar-refractivity contribution in [2.75, 3.05) is 0 Å². The summed E-state index contributed by atoms with van der Waals surface area (Å²) in [6.07, 6.45) is 0. The summed E-state index contributed by atoms with van der Waals surface area (Å²) in [6, 6.07) is 73.8. The molecule has 0 amide bonds. The number of hydrogen-bond acceptors (Lipinski definition) is 0. The zero-order valence-corrected chi connectivity index (χ0v) is 34.0. The molecule has 0 aromatic heterocycles. The fourth-order valence-electron chi connectivity index (χ4n) is 11.9. The van der Waals surface area contributed by atoms with E-state index in [9.17, 15) is 0 Å². The van der Waals surface area contributed by atoms with Crippen LogP contribution in [0.5, 0.6) is 0 Å². The van der Waals surface area contributed by atoms with Gasteiger partial charge in [-0.3, -0.25) is 0 Å². The molecule has 0 heteroatoms.